The van der Waals surface area contributed by atoms with Crippen LogP contribution in [0.5, 0.6) is 0 Å². The van der Waals surface area contributed by atoms with Crippen molar-refractivity contribution in [3.05, 3.63) is 35.4 Å². The number of rotatable bonds is 3. The molecule has 0 heterocycles. The molecule has 0 amide bonds. The van der Waals surface area contributed by atoms with Crippen LogP contribution < -0.4 is 0 Å². The summed E-state index contributed by atoms with van der Waals surface area (Å²) in [6.45, 7) is 0. The molecular weight excluding hydrogens is 258 g/mol. The lowest BCUT2D eigenvalue weighted by Gasteiger charge is -2.34. The standard InChI is InChI=1S/C19H25NO/c20-14-19(12-6-2-1-3-7-13-19)18(21)17-9-5-4-8-16(17)15-10-11-15/h4-5,8-9,15,18,21H,1-3,6-7,10-13H2. The van der Waals surface area contributed by atoms with Gasteiger partial charge < -0.3 is 5.11 Å². The van der Waals surface area contributed by atoms with E-state index in [9.17, 15) is 10.4 Å². The van der Waals surface area contributed by atoms with Gasteiger partial charge in [0.15, 0.2) is 0 Å². The minimum atomic E-state index is -0.627. The van der Waals surface area contributed by atoms with Crippen molar-refractivity contribution in [1.82, 2.24) is 0 Å². The molecule has 0 aromatic heterocycles. The lowest BCUT2D eigenvalue weighted by Crippen LogP contribution is -2.29. The number of aliphatic hydroxyl groups is 1. The number of nitriles is 1. The van der Waals surface area contributed by atoms with Crippen molar-refractivity contribution >= 4 is 0 Å². The van der Waals surface area contributed by atoms with E-state index in [4.69, 9.17) is 0 Å². The molecule has 1 unspecified atom stereocenters. The molecule has 0 saturated heterocycles. The number of aliphatic hydroxyl groups excluding tert-OH is 1. The summed E-state index contributed by atoms with van der Waals surface area (Å²) in [7, 11) is 0. The van der Waals surface area contributed by atoms with Gasteiger partial charge in [-0.05, 0) is 42.7 Å². The number of hydrogen-bond donors (Lipinski definition) is 1. The average molecular weight is 283 g/mol. The van der Waals surface area contributed by atoms with Crippen LogP contribution in [-0.2, 0) is 0 Å². The highest BCUT2D eigenvalue weighted by Gasteiger charge is 2.41. The Hall–Kier alpha value is -1.33. The molecule has 2 heteroatoms. The Morgan fingerprint density at radius 1 is 1.05 bits per heavy atom. The zero-order valence-corrected chi connectivity index (χ0v) is 12.7. The number of benzene rings is 1. The Balaban J connectivity index is 1.91. The Kier molecular flexibility index (Phi) is 4.31. The third-order valence-electron chi connectivity index (χ3n) is 5.30. The molecule has 2 fully saturated rings. The van der Waals surface area contributed by atoms with E-state index in [1.54, 1.807) is 0 Å². The molecule has 3 rings (SSSR count). The van der Waals surface area contributed by atoms with Crippen LogP contribution in [0.25, 0.3) is 0 Å². The summed E-state index contributed by atoms with van der Waals surface area (Å²) in [5.41, 5.74) is 1.72. The van der Waals surface area contributed by atoms with Gasteiger partial charge in [-0.15, -0.1) is 0 Å². The smallest absolute Gasteiger partial charge is 0.0979 e. The zero-order chi connectivity index (χ0) is 14.7. The second-order valence-corrected chi connectivity index (χ2v) is 6.84. The third-order valence-corrected chi connectivity index (χ3v) is 5.30. The fourth-order valence-electron chi connectivity index (χ4n) is 3.81. The highest BCUT2D eigenvalue weighted by atomic mass is 16.3. The van der Waals surface area contributed by atoms with Gasteiger partial charge in [-0.2, -0.15) is 5.26 Å². The van der Waals surface area contributed by atoms with E-state index in [0.717, 1.165) is 31.2 Å². The predicted molar refractivity (Wildman–Crippen MR) is 83.7 cm³/mol. The van der Waals surface area contributed by atoms with Crippen molar-refractivity contribution in [2.45, 2.75) is 69.8 Å². The Labute approximate surface area is 127 Å². The summed E-state index contributed by atoms with van der Waals surface area (Å²) in [5, 5.41) is 20.9. The summed E-state index contributed by atoms with van der Waals surface area (Å²) in [6.07, 6.45) is 9.29. The first kappa shape index (κ1) is 14.6. The van der Waals surface area contributed by atoms with E-state index >= 15 is 0 Å². The Bertz CT molecular complexity index is 519. The van der Waals surface area contributed by atoms with Crippen LogP contribution in [0.15, 0.2) is 24.3 Å². The molecule has 2 nitrogen and oxygen atoms in total. The van der Waals surface area contributed by atoms with Crippen molar-refractivity contribution in [1.29, 1.82) is 5.26 Å². The van der Waals surface area contributed by atoms with Crippen LogP contribution in [0.3, 0.4) is 0 Å². The van der Waals surface area contributed by atoms with E-state index in [0.29, 0.717) is 5.92 Å². The third kappa shape index (κ3) is 2.99. The van der Waals surface area contributed by atoms with Crippen LogP contribution in [0.2, 0.25) is 0 Å². The van der Waals surface area contributed by atoms with E-state index in [1.165, 1.54) is 37.7 Å². The SMILES string of the molecule is N#CC1(C(O)c2ccccc2C2CC2)CCCCCCC1. The molecule has 0 spiro atoms. The normalized spacial score (nSPS) is 23.6. The molecule has 2 aliphatic carbocycles. The Morgan fingerprint density at radius 2 is 1.67 bits per heavy atom. The lowest BCUT2D eigenvalue weighted by molar-refractivity contribution is 0.0428. The molecule has 1 atom stereocenters. The van der Waals surface area contributed by atoms with E-state index in [-0.39, 0.29) is 0 Å². The lowest BCUT2D eigenvalue weighted by atomic mass is 9.70. The van der Waals surface area contributed by atoms with Gasteiger partial charge in [0.05, 0.1) is 17.6 Å². The highest BCUT2D eigenvalue weighted by Crippen LogP contribution is 2.49. The van der Waals surface area contributed by atoms with Gasteiger partial charge in [0.25, 0.3) is 0 Å². The molecule has 0 bridgehead atoms. The Morgan fingerprint density at radius 3 is 2.29 bits per heavy atom. The largest absolute Gasteiger partial charge is 0.387 e. The van der Waals surface area contributed by atoms with Crippen LogP contribution >= 0.6 is 0 Å². The minimum absolute atomic E-state index is 0.578. The maximum Gasteiger partial charge on any atom is 0.0979 e. The maximum atomic E-state index is 11.0. The summed E-state index contributed by atoms with van der Waals surface area (Å²) in [4.78, 5) is 0. The molecule has 1 aromatic carbocycles. The monoisotopic (exact) mass is 283 g/mol. The quantitative estimate of drug-likeness (QED) is 0.861. The second kappa shape index (κ2) is 6.20. The van der Waals surface area contributed by atoms with Gasteiger partial charge in [0.2, 0.25) is 0 Å². The molecule has 0 aliphatic heterocycles. The summed E-state index contributed by atoms with van der Waals surface area (Å²) >= 11 is 0. The first-order chi connectivity index (χ1) is 10.3. The highest BCUT2D eigenvalue weighted by molar-refractivity contribution is 5.36. The first-order valence-corrected chi connectivity index (χ1v) is 8.45. The van der Waals surface area contributed by atoms with Gasteiger partial charge in [-0.3, -0.25) is 0 Å². The molecular formula is C19H25NO. The number of nitrogens with zero attached hydrogens (tertiary/aromatic N) is 1. The zero-order valence-electron chi connectivity index (χ0n) is 12.7. The van der Waals surface area contributed by atoms with E-state index in [2.05, 4.69) is 18.2 Å². The van der Waals surface area contributed by atoms with E-state index in [1.807, 2.05) is 12.1 Å². The molecule has 0 radical (unpaired) electrons. The second-order valence-electron chi connectivity index (χ2n) is 6.84. The van der Waals surface area contributed by atoms with Crippen molar-refractivity contribution in [3.8, 4) is 6.07 Å². The van der Waals surface area contributed by atoms with Gasteiger partial charge in [0.1, 0.15) is 0 Å². The fraction of sp³-hybridized carbons (Fsp3) is 0.632. The summed E-state index contributed by atoms with van der Waals surface area (Å²) in [5.74, 6) is 0.611. The van der Waals surface area contributed by atoms with Crippen LogP contribution in [-0.4, -0.2) is 5.11 Å². The molecule has 2 saturated carbocycles. The van der Waals surface area contributed by atoms with Crippen molar-refractivity contribution in [2.75, 3.05) is 0 Å². The van der Waals surface area contributed by atoms with Gasteiger partial charge >= 0.3 is 0 Å². The summed E-state index contributed by atoms with van der Waals surface area (Å²) in [6, 6.07) is 10.8. The van der Waals surface area contributed by atoms with Crippen LogP contribution in [0, 0.1) is 16.7 Å². The number of hydrogen-bond acceptors (Lipinski definition) is 2. The summed E-state index contributed by atoms with van der Waals surface area (Å²) < 4.78 is 0. The first-order valence-electron chi connectivity index (χ1n) is 8.45. The van der Waals surface area contributed by atoms with Crippen LogP contribution in [0.4, 0.5) is 0 Å². The molecule has 21 heavy (non-hydrogen) atoms. The van der Waals surface area contributed by atoms with Crippen molar-refractivity contribution in [3.63, 3.8) is 0 Å². The van der Waals surface area contributed by atoms with Gasteiger partial charge in [0, 0.05) is 0 Å². The molecule has 2 aliphatic rings. The molecule has 1 aromatic rings. The van der Waals surface area contributed by atoms with Crippen molar-refractivity contribution in [2.24, 2.45) is 5.41 Å². The molecule has 112 valence electrons. The van der Waals surface area contributed by atoms with Gasteiger partial charge in [-0.1, -0.05) is 56.4 Å². The fourth-order valence-corrected chi connectivity index (χ4v) is 3.81. The minimum Gasteiger partial charge on any atom is -0.387 e. The maximum absolute atomic E-state index is 11.0. The van der Waals surface area contributed by atoms with Gasteiger partial charge in [-0.25, -0.2) is 0 Å². The molecule has 1 N–H and O–H groups in total. The topological polar surface area (TPSA) is 44.0 Å². The predicted octanol–water partition coefficient (Wildman–Crippen LogP) is 4.85. The van der Waals surface area contributed by atoms with Crippen molar-refractivity contribution < 1.29 is 5.11 Å². The van der Waals surface area contributed by atoms with Crippen LogP contribution in [0.1, 0.15) is 80.9 Å². The average Bonchev–Trinajstić information content (AvgIpc) is 3.32. The van der Waals surface area contributed by atoms with E-state index < -0.39 is 11.5 Å².